The first-order valence-electron chi connectivity index (χ1n) is 28.5. The van der Waals surface area contributed by atoms with E-state index in [1.807, 2.05) is 0 Å². The fourth-order valence-corrected chi connectivity index (χ4v) is 23.0. The molecule has 0 radical (unpaired) electrons. The van der Waals surface area contributed by atoms with Crippen molar-refractivity contribution in [3.05, 3.63) is 310 Å². The second kappa shape index (κ2) is 35.8. The fraction of sp³-hybridized carbons (Fsp3) is 0.184. The summed E-state index contributed by atoms with van der Waals surface area (Å²) < 4.78 is 5.49. The molecule has 0 aliphatic rings. The van der Waals surface area contributed by atoms with Gasteiger partial charge in [0.05, 0.1) is 74.1 Å². The van der Waals surface area contributed by atoms with Crippen LogP contribution in [0.25, 0.3) is 0 Å². The van der Waals surface area contributed by atoms with Crippen LogP contribution in [0.3, 0.4) is 0 Å². The van der Waals surface area contributed by atoms with Crippen LogP contribution in [0.4, 0.5) is 0 Å². The maximum atomic E-state index is 2.74. The first-order valence-corrected chi connectivity index (χ1v) is 37.0. The Labute approximate surface area is 518 Å². The zero-order valence-corrected chi connectivity index (χ0v) is 57.3. The van der Waals surface area contributed by atoms with Crippen LogP contribution in [-0.2, 0) is 35.7 Å². The largest absolute Gasteiger partial charge is 0.101 e. The first kappa shape index (κ1) is 65.9. The molecule has 0 fully saturated rings. The SMILES string of the molecule is C[c-]1[c-](C)[c-](C)[c-](C)[c-]1C.Cc1c(C)c(C)[c-](C)c1C.[Ru+]=[C]=CC=[C]=[Ru+].c1ccc([PH+](CC[PH+](c2ccccc2)c2ccccc2)c2ccccc2)cc1.c1ccc([PH+](CC[PH+](c2ccccc2)c2ccccc2)c2ccccc2)cc1. The maximum absolute atomic E-state index is 2.74. The normalized spacial score (nSPS) is 10.5. The summed E-state index contributed by atoms with van der Waals surface area (Å²) in [6, 6.07) is 89.0. The summed E-state index contributed by atoms with van der Waals surface area (Å²) in [7, 11) is -3.13. The molecule has 10 aromatic carbocycles. The molecule has 82 heavy (non-hydrogen) atoms. The Morgan fingerprint density at radius 3 is 0.537 bits per heavy atom. The van der Waals surface area contributed by atoms with Gasteiger partial charge in [0.15, 0.2) is 0 Å². The van der Waals surface area contributed by atoms with Gasteiger partial charge >= 0.3 is 56.4 Å². The number of hydrogen-bond donors (Lipinski definition) is 0. The Bertz CT molecular complexity index is 2790. The summed E-state index contributed by atoms with van der Waals surface area (Å²) in [4.78, 5) is 0. The van der Waals surface area contributed by atoms with E-state index < -0.39 is 31.7 Å². The third-order valence-electron chi connectivity index (χ3n) is 16.1. The monoisotopic (exact) mass is 1320 g/mol. The molecular weight excluding hydrogens is 1240 g/mol. The van der Waals surface area contributed by atoms with Crippen molar-refractivity contribution in [3.63, 3.8) is 0 Å². The van der Waals surface area contributed by atoms with Crippen LogP contribution in [0.15, 0.2) is 255 Å². The third-order valence-corrected chi connectivity index (χ3v) is 28.9. The van der Waals surface area contributed by atoms with Crippen molar-refractivity contribution in [1.82, 2.24) is 0 Å². The summed E-state index contributed by atoms with van der Waals surface area (Å²) in [5.74, 6) is 0. The molecule has 424 valence electrons. The number of hydrogen-bond acceptors (Lipinski definition) is 0. The van der Waals surface area contributed by atoms with Gasteiger partial charge in [-0.15, -0.1) is 0 Å². The third kappa shape index (κ3) is 19.7. The second-order valence-corrected chi connectivity index (χ2v) is 32.1. The van der Waals surface area contributed by atoms with Gasteiger partial charge in [-0.1, -0.05) is 180 Å². The van der Waals surface area contributed by atoms with Crippen molar-refractivity contribution in [2.75, 3.05) is 24.6 Å². The smallest absolute Gasteiger partial charge is 0.0620 e. The van der Waals surface area contributed by atoms with E-state index >= 15 is 0 Å². The molecule has 10 rings (SSSR count). The summed E-state index contributed by atoms with van der Waals surface area (Å²) in [5, 5.41) is 12.1. The minimum Gasteiger partial charge on any atom is -0.0620 e. The number of rotatable bonds is 15. The quantitative estimate of drug-likeness (QED) is 0.0415. The summed E-state index contributed by atoms with van der Waals surface area (Å²) in [6.07, 6.45) is 8.58. The predicted octanol–water partition coefficient (Wildman–Crippen LogP) is 15.3. The van der Waals surface area contributed by atoms with E-state index in [1.165, 1.54) is 123 Å². The van der Waals surface area contributed by atoms with Crippen molar-refractivity contribution in [2.24, 2.45) is 0 Å². The van der Waals surface area contributed by atoms with Crippen molar-refractivity contribution < 1.29 is 35.7 Å². The molecule has 0 unspecified atom stereocenters. The van der Waals surface area contributed by atoms with E-state index in [4.69, 9.17) is 0 Å². The molecule has 0 aliphatic heterocycles. The predicted molar refractivity (Wildman–Crippen MR) is 372 cm³/mol. The summed E-state index contributed by atoms with van der Waals surface area (Å²) in [6.45, 7) is 22.0. The van der Waals surface area contributed by atoms with Crippen molar-refractivity contribution in [1.29, 1.82) is 0 Å². The topological polar surface area (TPSA) is 0 Å². The van der Waals surface area contributed by atoms with Crippen LogP contribution >= 0.6 is 31.7 Å². The molecule has 0 atom stereocenters. The van der Waals surface area contributed by atoms with Gasteiger partial charge in [0, 0.05) is 0 Å². The van der Waals surface area contributed by atoms with Gasteiger partial charge in [-0.25, -0.2) is 34.6 Å². The van der Waals surface area contributed by atoms with Crippen LogP contribution in [0.1, 0.15) is 55.6 Å². The van der Waals surface area contributed by atoms with Crippen LogP contribution < -0.4 is 42.4 Å². The molecule has 0 nitrogen and oxygen atoms in total. The van der Waals surface area contributed by atoms with Crippen LogP contribution in [0.2, 0.25) is 0 Å². The number of benzene rings is 8. The van der Waals surface area contributed by atoms with E-state index in [9.17, 15) is 0 Å². The molecule has 0 spiro atoms. The Balaban J connectivity index is 0.000000185. The van der Waals surface area contributed by atoms with E-state index in [0.29, 0.717) is 0 Å². The molecule has 0 heterocycles. The second-order valence-electron chi connectivity index (χ2n) is 20.6. The van der Waals surface area contributed by atoms with Crippen LogP contribution in [0, 0.1) is 69.2 Å². The first-order chi connectivity index (χ1) is 39.9. The summed E-state index contributed by atoms with van der Waals surface area (Å²) in [5.41, 5.74) is 14.7. The van der Waals surface area contributed by atoms with E-state index in [-0.39, 0.29) is 0 Å². The standard InChI is InChI=1S/2C26H24P2.2C10H15.C4H2.2Ru/c2*1-5-13-23(14-6-1)27(24-15-7-2-8-16-24)21-22-28(25-17-9-3-10-18-25)26-19-11-4-12-20-26;2*1-6-7(2)9(4)10(5)8(6)3;1-3-4-2;;/h2*1-20H,21-22H2;2*1-5H3;3-4H;;/q;;-5;-1;;2*+1/p+4. The van der Waals surface area contributed by atoms with Gasteiger partial charge in [-0.2, -0.15) is 27.8 Å². The van der Waals surface area contributed by atoms with Crippen molar-refractivity contribution in [3.8, 4) is 0 Å². The minimum atomic E-state index is -0.783. The fourth-order valence-electron chi connectivity index (χ4n) is 10.3. The van der Waals surface area contributed by atoms with Gasteiger partial charge in [0.1, 0.15) is 24.6 Å². The Morgan fingerprint density at radius 1 is 0.280 bits per heavy atom. The average Bonchev–Trinajstić information content (AvgIpc) is 3.91. The van der Waals surface area contributed by atoms with Gasteiger partial charge < -0.3 is 27.8 Å². The van der Waals surface area contributed by atoms with Gasteiger partial charge in [0.2, 0.25) is 0 Å². The molecule has 0 saturated heterocycles. The van der Waals surface area contributed by atoms with E-state index in [2.05, 4.69) is 356 Å². The maximum Gasteiger partial charge on any atom is 0.101 e. The van der Waals surface area contributed by atoms with Crippen LogP contribution in [-0.4, -0.2) is 33.2 Å². The molecule has 10 aromatic rings. The molecule has 0 aromatic heterocycles. The molecule has 0 aliphatic carbocycles. The van der Waals surface area contributed by atoms with Crippen LogP contribution in [0.5, 0.6) is 0 Å². The zero-order chi connectivity index (χ0) is 58.6. The molecule has 0 bridgehead atoms. The van der Waals surface area contributed by atoms with Crippen molar-refractivity contribution >= 4 is 82.7 Å². The Hall–Kier alpha value is -5.27. The molecule has 6 heteroatoms. The Kier molecular flexibility index (Phi) is 28.7. The van der Waals surface area contributed by atoms with Gasteiger partial charge in [0.25, 0.3) is 0 Å². The molecule has 0 N–H and O–H groups in total. The van der Waals surface area contributed by atoms with E-state index in [1.54, 1.807) is 12.2 Å². The summed E-state index contributed by atoms with van der Waals surface area (Å²) >= 11 is 4.53. The molecular formula is C76H84P4Ru2. The Morgan fingerprint density at radius 2 is 0.427 bits per heavy atom. The molecule has 0 amide bonds. The van der Waals surface area contributed by atoms with Gasteiger partial charge in [-0.3, -0.25) is 0 Å². The van der Waals surface area contributed by atoms with E-state index in [0.717, 1.165) is 0 Å². The molecule has 0 saturated carbocycles. The zero-order valence-electron chi connectivity index (χ0n) is 49.8. The average molecular weight is 1320 g/mol. The number of allylic oxidation sites excluding steroid dienone is 2. The minimum absolute atomic E-state index is 0.783. The van der Waals surface area contributed by atoms with Crippen molar-refractivity contribution in [2.45, 2.75) is 69.2 Å². The van der Waals surface area contributed by atoms with Gasteiger partial charge in [-0.05, 0) is 97.1 Å².